The molecule has 0 fully saturated rings. The average molecular weight is 358 g/mol. The molecule has 3 aromatic rings. The first-order valence-corrected chi connectivity index (χ1v) is 8.77. The van der Waals surface area contributed by atoms with Crippen LogP contribution in [-0.2, 0) is 0 Å². The van der Waals surface area contributed by atoms with Crippen LogP contribution in [0.2, 0.25) is 5.02 Å². The number of thioether (sulfide) groups is 1. The number of rotatable bonds is 4. The van der Waals surface area contributed by atoms with Gasteiger partial charge in [-0.1, -0.05) is 31.5 Å². The van der Waals surface area contributed by atoms with Crippen LogP contribution in [0, 0.1) is 0 Å². The molecule has 6 heteroatoms. The maximum absolute atomic E-state index is 12.1. The fourth-order valence-electron chi connectivity index (χ4n) is 2.29. The van der Waals surface area contributed by atoms with Crippen molar-refractivity contribution < 1.29 is 0 Å². The second-order valence-electron chi connectivity index (χ2n) is 5.50. The van der Waals surface area contributed by atoms with Gasteiger partial charge in [-0.25, -0.2) is 4.98 Å². The number of hydrogen-bond acceptors (Lipinski definition) is 4. The van der Waals surface area contributed by atoms with Crippen LogP contribution in [0.15, 0.2) is 46.3 Å². The van der Waals surface area contributed by atoms with Crippen molar-refractivity contribution >= 4 is 46.4 Å². The molecule has 0 atom stereocenters. The van der Waals surface area contributed by atoms with Crippen molar-refractivity contribution in [2.24, 2.45) is 0 Å². The summed E-state index contributed by atoms with van der Waals surface area (Å²) in [6, 6.07) is 7.48. The molecule has 0 aliphatic rings. The van der Waals surface area contributed by atoms with Crippen LogP contribution < -0.4 is 5.56 Å². The Hall–Kier alpha value is -2.11. The van der Waals surface area contributed by atoms with Crippen molar-refractivity contribution in [2.45, 2.75) is 24.0 Å². The zero-order valence-electron chi connectivity index (χ0n) is 13.3. The number of hydrogen-bond donors (Lipinski definition) is 1. The number of nitrogens with zero attached hydrogens (tertiary/aromatic N) is 2. The fraction of sp³-hybridized carbons (Fsp3) is 0.167. The molecule has 0 saturated heterocycles. The number of benzene rings is 1. The lowest BCUT2D eigenvalue weighted by molar-refractivity contribution is 1.11. The number of fused-ring (bicyclic) bond motifs is 1. The topological polar surface area (TPSA) is 58.6 Å². The standard InChI is InChI=1S/C18H16ClN3OS/c1-11(2)24-16-5-3-4-14(19)12(16)6-7-17-21-15-10-20-9-8-13(15)18(23)22-17/h3-11H,1-2H3,(H,21,22,23)/b7-6+. The van der Waals surface area contributed by atoms with Crippen LogP contribution in [0.25, 0.3) is 23.1 Å². The van der Waals surface area contributed by atoms with Gasteiger partial charge < -0.3 is 4.98 Å². The van der Waals surface area contributed by atoms with Gasteiger partial charge in [0, 0.05) is 26.9 Å². The Balaban J connectivity index is 2.01. The van der Waals surface area contributed by atoms with Gasteiger partial charge >= 0.3 is 0 Å². The van der Waals surface area contributed by atoms with Gasteiger partial charge in [0.05, 0.1) is 17.1 Å². The van der Waals surface area contributed by atoms with E-state index in [1.165, 1.54) is 0 Å². The Morgan fingerprint density at radius 2 is 2.08 bits per heavy atom. The second kappa shape index (κ2) is 7.20. The van der Waals surface area contributed by atoms with Gasteiger partial charge in [0.25, 0.3) is 5.56 Å². The molecule has 4 nitrogen and oxygen atoms in total. The minimum absolute atomic E-state index is 0.182. The Labute approximate surface area is 149 Å². The van der Waals surface area contributed by atoms with E-state index in [2.05, 4.69) is 28.8 Å². The van der Waals surface area contributed by atoms with Crippen LogP contribution in [0.5, 0.6) is 0 Å². The number of halogens is 1. The van der Waals surface area contributed by atoms with E-state index in [0.29, 0.717) is 27.0 Å². The van der Waals surface area contributed by atoms with Crippen LogP contribution in [-0.4, -0.2) is 20.2 Å². The van der Waals surface area contributed by atoms with E-state index >= 15 is 0 Å². The molecular weight excluding hydrogens is 342 g/mol. The van der Waals surface area contributed by atoms with E-state index in [0.717, 1.165) is 10.5 Å². The summed E-state index contributed by atoms with van der Waals surface area (Å²) in [6.07, 6.45) is 6.80. The molecule has 3 rings (SSSR count). The smallest absolute Gasteiger partial charge is 0.259 e. The van der Waals surface area contributed by atoms with Gasteiger partial charge in [0.2, 0.25) is 0 Å². The zero-order chi connectivity index (χ0) is 17.1. The van der Waals surface area contributed by atoms with Gasteiger partial charge in [-0.05, 0) is 30.4 Å². The first-order chi connectivity index (χ1) is 11.5. The minimum atomic E-state index is -0.182. The van der Waals surface area contributed by atoms with Crippen LogP contribution in [0.3, 0.4) is 0 Å². The number of aromatic amines is 1. The van der Waals surface area contributed by atoms with Gasteiger partial charge in [0.1, 0.15) is 5.82 Å². The third-order valence-corrected chi connectivity index (χ3v) is 4.72. The quantitative estimate of drug-likeness (QED) is 0.691. The molecule has 2 heterocycles. The lowest BCUT2D eigenvalue weighted by atomic mass is 10.2. The summed E-state index contributed by atoms with van der Waals surface area (Å²) >= 11 is 8.08. The highest BCUT2D eigenvalue weighted by atomic mass is 35.5. The zero-order valence-corrected chi connectivity index (χ0v) is 14.9. The lowest BCUT2D eigenvalue weighted by Gasteiger charge is -2.10. The molecule has 0 spiro atoms. The molecule has 1 N–H and O–H groups in total. The maximum atomic E-state index is 12.1. The first kappa shape index (κ1) is 16.7. The summed E-state index contributed by atoms with van der Waals surface area (Å²) in [5, 5.41) is 1.64. The molecule has 0 unspecified atom stereocenters. The number of pyridine rings is 1. The molecule has 0 amide bonds. The van der Waals surface area contributed by atoms with E-state index in [1.807, 2.05) is 24.3 Å². The largest absolute Gasteiger partial charge is 0.306 e. The van der Waals surface area contributed by atoms with Crippen molar-refractivity contribution in [3.8, 4) is 0 Å². The maximum Gasteiger partial charge on any atom is 0.259 e. The number of nitrogens with one attached hydrogen (secondary N) is 1. The molecular formula is C18H16ClN3OS. The normalized spacial score (nSPS) is 11.7. The Morgan fingerprint density at radius 3 is 2.88 bits per heavy atom. The second-order valence-corrected chi connectivity index (χ2v) is 7.52. The van der Waals surface area contributed by atoms with Crippen LogP contribution in [0.1, 0.15) is 25.2 Å². The Bertz CT molecular complexity index is 966. The molecule has 0 bridgehead atoms. The first-order valence-electron chi connectivity index (χ1n) is 7.52. The van der Waals surface area contributed by atoms with Gasteiger partial charge in [-0.2, -0.15) is 0 Å². The molecule has 0 radical (unpaired) electrons. The van der Waals surface area contributed by atoms with Gasteiger partial charge in [-0.3, -0.25) is 9.78 Å². The molecule has 0 aliphatic heterocycles. The number of H-pyrrole nitrogens is 1. The summed E-state index contributed by atoms with van der Waals surface area (Å²) in [4.78, 5) is 24.4. The fourth-order valence-corrected chi connectivity index (χ4v) is 3.55. The summed E-state index contributed by atoms with van der Waals surface area (Å²) in [5.74, 6) is 0.473. The monoisotopic (exact) mass is 357 g/mol. The predicted octanol–water partition coefficient (Wildman–Crippen LogP) is 4.64. The van der Waals surface area contributed by atoms with Gasteiger partial charge in [-0.15, -0.1) is 11.8 Å². The minimum Gasteiger partial charge on any atom is -0.306 e. The van der Waals surface area contributed by atoms with E-state index in [4.69, 9.17) is 11.6 Å². The summed E-state index contributed by atoms with van der Waals surface area (Å²) in [5.41, 5.74) is 1.31. The SMILES string of the molecule is CC(C)Sc1cccc(Cl)c1/C=C/c1nc2cnccc2c(=O)[nH]1. The predicted molar refractivity (Wildman–Crippen MR) is 102 cm³/mol. The van der Waals surface area contributed by atoms with Crippen molar-refractivity contribution in [1.82, 2.24) is 15.0 Å². The molecule has 24 heavy (non-hydrogen) atoms. The van der Waals surface area contributed by atoms with E-state index < -0.39 is 0 Å². The number of aromatic nitrogens is 3. The van der Waals surface area contributed by atoms with Crippen molar-refractivity contribution in [3.05, 3.63) is 63.4 Å². The Morgan fingerprint density at radius 1 is 1.25 bits per heavy atom. The third kappa shape index (κ3) is 3.68. The summed E-state index contributed by atoms with van der Waals surface area (Å²) < 4.78 is 0. The van der Waals surface area contributed by atoms with E-state index in [1.54, 1.807) is 36.3 Å². The average Bonchev–Trinajstić information content (AvgIpc) is 2.54. The van der Waals surface area contributed by atoms with Crippen LogP contribution in [0.4, 0.5) is 0 Å². The highest BCUT2D eigenvalue weighted by molar-refractivity contribution is 8.00. The third-order valence-electron chi connectivity index (χ3n) is 3.31. The van der Waals surface area contributed by atoms with E-state index in [9.17, 15) is 4.79 Å². The van der Waals surface area contributed by atoms with Gasteiger partial charge in [0.15, 0.2) is 0 Å². The Kier molecular flexibility index (Phi) is 5.02. The van der Waals surface area contributed by atoms with E-state index in [-0.39, 0.29) is 5.56 Å². The molecule has 0 aliphatic carbocycles. The molecule has 2 aromatic heterocycles. The molecule has 0 saturated carbocycles. The summed E-state index contributed by atoms with van der Waals surface area (Å²) in [7, 11) is 0. The van der Waals surface area contributed by atoms with Crippen molar-refractivity contribution in [1.29, 1.82) is 0 Å². The molecule has 1 aromatic carbocycles. The summed E-state index contributed by atoms with van der Waals surface area (Å²) in [6.45, 7) is 4.27. The highest BCUT2D eigenvalue weighted by Crippen LogP contribution is 2.32. The lowest BCUT2D eigenvalue weighted by Crippen LogP contribution is -2.09. The van der Waals surface area contributed by atoms with Crippen molar-refractivity contribution in [2.75, 3.05) is 0 Å². The highest BCUT2D eigenvalue weighted by Gasteiger charge is 2.07. The van der Waals surface area contributed by atoms with Crippen molar-refractivity contribution in [3.63, 3.8) is 0 Å². The molecule has 122 valence electrons. The van der Waals surface area contributed by atoms with Crippen LogP contribution >= 0.6 is 23.4 Å².